The van der Waals surface area contributed by atoms with Gasteiger partial charge in [0.15, 0.2) is 0 Å². The fourth-order valence-electron chi connectivity index (χ4n) is 9.15. The Bertz CT molecular complexity index is 3120. The van der Waals surface area contributed by atoms with E-state index in [2.05, 4.69) is 207 Å². The van der Waals surface area contributed by atoms with Crippen LogP contribution in [0, 0.1) is 0 Å². The minimum absolute atomic E-state index is 0.0839. The Balaban J connectivity index is 1.13. The Hall–Kier alpha value is -6.48. The van der Waals surface area contributed by atoms with Crippen molar-refractivity contribution in [3.63, 3.8) is 0 Å². The Morgan fingerprint density at radius 1 is 0.382 bits per heavy atom. The topological polar surface area (TPSA) is 3.24 Å². The SMILES string of the molecule is CC1(C)c2ccccc2-c2ccc(-c3ccccc3N(c3ccc(-c4cccc5ccccc45)cc3)c3cccc4c3sc3c5ccccc5ccc43)cc21. The third-order valence-corrected chi connectivity index (χ3v) is 13.2. The Kier molecular flexibility index (Phi) is 7.14. The van der Waals surface area contributed by atoms with Gasteiger partial charge in [-0.2, -0.15) is 0 Å². The molecule has 0 radical (unpaired) electrons. The van der Waals surface area contributed by atoms with E-state index in [1.54, 1.807) is 0 Å². The number of anilines is 3. The highest BCUT2D eigenvalue weighted by Crippen LogP contribution is 2.52. The summed E-state index contributed by atoms with van der Waals surface area (Å²) in [4.78, 5) is 2.50. The molecule has 0 amide bonds. The predicted octanol–water partition coefficient (Wildman–Crippen LogP) is 15.5. The maximum Gasteiger partial charge on any atom is 0.0640 e. The van der Waals surface area contributed by atoms with Crippen LogP contribution in [0.3, 0.4) is 0 Å². The highest BCUT2D eigenvalue weighted by molar-refractivity contribution is 7.27. The molecular weight excluding hydrogens is 683 g/mol. The van der Waals surface area contributed by atoms with Crippen LogP contribution in [0.5, 0.6) is 0 Å². The quantitative estimate of drug-likeness (QED) is 0.171. The van der Waals surface area contributed by atoms with Crippen LogP contribution in [0.2, 0.25) is 0 Å². The van der Waals surface area contributed by atoms with E-state index in [1.165, 1.54) is 91.9 Å². The van der Waals surface area contributed by atoms with Crippen LogP contribution in [0.1, 0.15) is 25.0 Å². The predicted molar refractivity (Wildman–Crippen MR) is 237 cm³/mol. The molecule has 1 aliphatic rings. The van der Waals surface area contributed by atoms with Crippen LogP contribution in [0.4, 0.5) is 17.1 Å². The third kappa shape index (κ3) is 4.92. The van der Waals surface area contributed by atoms with Gasteiger partial charge in [-0.3, -0.25) is 0 Å². The van der Waals surface area contributed by atoms with Gasteiger partial charge in [0.25, 0.3) is 0 Å². The van der Waals surface area contributed by atoms with E-state index < -0.39 is 0 Å². The molecule has 1 nitrogen and oxygen atoms in total. The highest BCUT2D eigenvalue weighted by atomic mass is 32.1. The van der Waals surface area contributed by atoms with Gasteiger partial charge >= 0.3 is 0 Å². The average Bonchev–Trinajstić information content (AvgIpc) is 3.74. The molecule has 10 aromatic rings. The van der Waals surface area contributed by atoms with Crippen LogP contribution in [0.25, 0.3) is 75.1 Å². The fourth-order valence-corrected chi connectivity index (χ4v) is 10.5. The number of fused-ring (bicyclic) bond motifs is 9. The van der Waals surface area contributed by atoms with Crippen molar-refractivity contribution >= 4 is 70.1 Å². The summed E-state index contributed by atoms with van der Waals surface area (Å²) in [5, 5.41) is 7.69. The summed E-state index contributed by atoms with van der Waals surface area (Å²) in [6.45, 7) is 4.73. The molecule has 0 aliphatic heterocycles. The molecule has 0 saturated heterocycles. The van der Waals surface area contributed by atoms with Gasteiger partial charge in [-0.05, 0) is 90.8 Å². The first-order valence-electron chi connectivity index (χ1n) is 19.1. The van der Waals surface area contributed by atoms with Gasteiger partial charge in [0.05, 0.1) is 16.1 Å². The molecule has 55 heavy (non-hydrogen) atoms. The Morgan fingerprint density at radius 2 is 0.964 bits per heavy atom. The van der Waals surface area contributed by atoms with Gasteiger partial charge < -0.3 is 4.90 Å². The second-order valence-corrected chi connectivity index (χ2v) is 16.3. The molecule has 0 saturated carbocycles. The standard InChI is InChI=1S/C53H37NS/c1-53(2)47-22-9-7-19-43(47)44-31-28-37(33-48(44)53)41-17-8-10-23-49(41)54(38-29-25-36(26-30-38)40-20-11-15-34-13-3-5-16-39(34)40)50-24-12-21-45-46-32-27-35-14-4-6-18-42(35)51(46)55-52(45)50/h3-33H,1-2H3. The molecule has 0 N–H and O–H groups in total. The zero-order valence-electron chi connectivity index (χ0n) is 30.8. The minimum atomic E-state index is -0.0839. The summed E-state index contributed by atoms with van der Waals surface area (Å²) in [5.41, 5.74) is 13.7. The lowest BCUT2D eigenvalue weighted by atomic mass is 9.81. The summed E-state index contributed by atoms with van der Waals surface area (Å²) in [7, 11) is 0. The highest BCUT2D eigenvalue weighted by Gasteiger charge is 2.35. The molecule has 0 fully saturated rings. The monoisotopic (exact) mass is 719 g/mol. The lowest BCUT2D eigenvalue weighted by Crippen LogP contribution is -2.15. The molecule has 1 aliphatic carbocycles. The van der Waals surface area contributed by atoms with Crippen molar-refractivity contribution in [2.75, 3.05) is 4.90 Å². The number of hydrogen-bond acceptors (Lipinski definition) is 2. The molecule has 0 unspecified atom stereocenters. The van der Waals surface area contributed by atoms with Gasteiger partial charge in [0.2, 0.25) is 0 Å². The van der Waals surface area contributed by atoms with E-state index in [0.717, 1.165) is 11.4 Å². The lowest BCUT2D eigenvalue weighted by molar-refractivity contribution is 0.660. The smallest absolute Gasteiger partial charge is 0.0640 e. The zero-order chi connectivity index (χ0) is 36.7. The summed E-state index contributed by atoms with van der Waals surface area (Å²) in [6, 6.07) is 69.6. The van der Waals surface area contributed by atoms with Gasteiger partial charge in [-0.25, -0.2) is 0 Å². The van der Waals surface area contributed by atoms with Crippen molar-refractivity contribution in [2.24, 2.45) is 0 Å². The first-order valence-corrected chi connectivity index (χ1v) is 19.9. The largest absolute Gasteiger partial charge is 0.308 e. The second-order valence-electron chi connectivity index (χ2n) is 15.3. The van der Waals surface area contributed by atoms with Gasteiger partial charge in [-0.15, -0.1) is 11.3 Å². The maximum atomic E-state index is 2.50. The molecule has 1 aromatic heterocycles. The molecule has 1 heterocycles. The second kappa shape index (κ2) is 12.3. The normalized spacial score (nSPS) is 13.1. The number of hydrogen-bond donors (Lipinski definition) is 0. The number of benzene rings is 9. The Labute approximate surface area is 325 Å². The lowest BCUT2D eigenvalue weighted by Gasteiger charge is -2.29. The molecule has 260 valence electrons. The number of para-hydroxylation sites is 1. The van der Waals surface area contributed by atoms with E-state index in [4.69, 9.17) is 0 Å². The first kappa shape index (κ1) is 32.0. The third-order valence-electron chi connectivity index (χ3n) is 11.9. The van der Waals surface area contributed by atoms with Crippen LogP contribution < -0.4 is 4.90 Å². The first-order chi connectivity index (χ1) is 27.0. The molecule has 9 aromatic carbocycles. The van der Waals surface area contributed by atoms with Crippen LogP contribution in [-0.2, 0) is 5.41 Å². The average molecular weight is 720 g/mol. The van der Waals surface area contributed by atoms with Gasteiger partial charge in [0, 0.05) is 32.1 Å². The van der Waals surface area contributed by atoms with Crippen LogP contribution in [-0.4, -0.2) is 0 Å². The van der Waals surface area contributed by atoms with Crippen molar-refractivity contribution in [2.45, 2.75) is 19.3 Å². The van der Waals surface area contributed by atoms with E-state index in [0.29, 0.717) is 0 Å². The van der Waals surface area contributed by atoms with Crippen LogP contribution in [0.15, 0.2) is 188 Å². The van der Waals surface area contributed by atoms with Gasteiger partial charge in [0.1, 0.15) is 0 Å². The van der Waals surface area contributed by atoms with Crippen molar-refractivity contribution in [3.05, 3.63) is 199 Å². The van der Waals surface area contributed by atoms with Crippen molar-refractivity contribution < 1.29 is 0 Å². The number of rotatable bonds is 5. The van der Waals surface area contributed by atoms with Crippen molar-refractivity contribution in [3.8, 4) is 33.4 Å². The van der Waals surface area contributed by atoms with Crippen LogP contribution >= 0.6 is 11.3 Å². The molecule has 0 atom stereocenters. The molecule has 0 spiro atoms. The minimum Gasteiger partial charge on any atom is -0.308 e. The maximum absolute atomic E-state index is 2.50. The van der Waals surface area contributed by atoms with E-state index in [-0.39, 0.29) is 5.41 Å². The van der Waals surface area contributed by atoms with E-state index in [1.807, 2.05) is 11.3 Å². The molecule has 2 heteroatoms. The summed E-state index contributed by atoms with van der Waals surface area (Å²) < 4.78 is 2.62. The molecular formula is C53H37NS. The van der Waals surface area contributed by atoms with E-state index in [9.17, 15) is 0 Å². The summed E-state index contributed by atoms with van der Waals surface area (Å²) >= 11 is 1.91. The van der Waals surface area contributed by atoms with Crippen molar-refractivity contribution in [1.29, 1.82) is 0 Å². The molecule has 0 bridgehead atoms. The zero-order valence-corrected chi connectivity index (χ0v) is 31.6. The van der Waals surface area contributed by atoms with Gasteiger partial charge in [-0.1, -0.05) is 172 Å². The number of thiophene rings is 1. The van der Waals surface area contributed by atoms with E-state index >= 15 is 0 Å². The molecule has 11 rings (SSSR count). The summed E-state index contributed by atoms with van der Waals surface area (Å²) in [5.74, 6) is 0. The summed E-state index contributed by atoms with van der Waals surface area (Å²) in [6.07, 6.45) is 0. The Morgan fingerprint density at radius 3 is 1.82 bits per heavy atom. The number of nitrogens with zero attached hydrogens (tertiary/aromatic N) is 1. The van der Waals surface area contributed by atoms with Crippen molar-refractivity contribution in [1.82, 2.24) is 0 Å². The fraction of sp³-hybridized carbons (Fsp3) is 0.0566.